The predicted molar refractivity (Wildman–Crippen MR) is 114 cm³/mol. The smallest absolute Gasteiger partial charge is 0.405 e. The lowest BCUT2D eigenvalue weighted by atomic mass is 9.92. The van der Waals surface area contributed by atoms with E-state index in [0.717, 1.165) is 5.56 Å². The molecule has 0 spiro atoms. The number of ether oxygens (including phenoxy) is 1. The fourth-order valence-corrected chi connectivity index (χ4v) is 5.11. The normalized spacial score (nSPS) is 12.4. The first-order valence-corrected chi connectivity index (χ1v) is 12.1. The third kappa shape index (κ3) is 3.89. The van der Waals surface area contributed by atoms with Crippen LogP contribution in [0.25, 0.3) is 32.7 Å². The molecule has 4 aromatic rings. The highest BCUT2D eigenvalue weighted by molar-refractivity contribution is 9.47. The van der Waals surface area contributed by atoms with Crippen LogP contribution in [0.1, 0.15) is 5.56 Å². The van der Waals surface area contributed by atoms with Gasteiger partial charge in [-0.3, -0.25) is 0 Å². The van der Waals surface area contributed by atoms with Crippen LogP contribution in [0.3, 0.4) is 0 Å². The van der Waals surface area contributed by atoms with E-state index in [1.54, 1.807) is 42.5 Å². The van der Waals surface area contributed by atoms with Gasteiger partial charge in [0.2, 0.25) is 8.27 Å². The van der Waals surface area contributed by atoms with Crippen molar-refractivity contribution in [3.05, 3.63) is 72.3 Å². The summed E-state index contributed by atoms with van der Waals surface area (Å²) in [5.74, 6) is -0.465. The average Bonchev–Trinajstić information content (AvgIpc) is 2.65. The lowest BCUT2D eigenvalue weighted by Crippen LogP contribution is -2.18. The zero-order valence-corrected chi connectivity index (χ0v) is 17.9. The molecule has 0 N–H and O–H groups in total. The highest BCUT2D eigenvalue weighted by Crippen LogP contribution is 2.46. The van der Waals surface area contributed by atoms with Gasteiger partial charge in [0.15, 0.2) is 0 Å². The van der Waals surface area contributed by atoms with E-state index < -0.39 is 20.4 Å². The minimum absolute atomic E-state index is 0.0691. The highest BCUT2D eigenvalue weighted by Gasteiger charge is 2.34. The number of benzene rings is 4. The van der Waals surface area contributed by atoms with Gasteiger partial charge in [-0.1, -0.05) is 60.2 Å². The van der Waals surface area contributed by atoms with E-state index >= 15 is 0 Å². The van der Waals surface area contributed by atoms with Crippen LogP contribution in [0, 0.1) is 6.92 Å². The maximum atomic E-state index is 13.2. The van der Waals surface area contributed by atoms with Crippen LogP contribution in [0.15, 0.2) is 71.6 Å². The number of fused-ring (bicyclic) bond motifs is 2. The number of halogens is 4. The van der Waals surface area contributed by atoms with Gasteiger partial charge in [0.1, 0.15) is 5.75 Å². The van der Waals surface area contributed by atoms with Crippen molar-refractivity contribution in [2.45, 2.75) is 18.2 Å². The molecule has 0 amide bonds. The molecule has 0 aliphatic carbocycles. The molecule has 0 heterocycles. The van der Waals surface area contributed by atoms with Crippen LogP contribution in [-0.4, -0.2) is 14.8 Å². The Morgan fingerprint density at radius 3 is 2.20 bits per heavy atom. The van der Waals surface area contributed by atoms with E-state index in [-0.39, 0.29) is 16.0 Å². The molecular weight excluding hydrogens is 481 g/mol. The molecule has 0 saturated carbocycles. The number of hydrogen-bond donors (Lipinski definition) is 0. The Bertz CT molecular complexity index is 1400. The third-order valence-corrected chi connectivity index (χ3v) is 6.68. The molecule has 8 heteroatoms. The molecule has 0 aliphatic heterocycles. The van der Waals surface area contributed by atoms with Gasteiger partial charge in [-0.15, -0.1) is 13.2 Å². The van der Waals surface area contributed by atoms with Crippen LogP contribution in [0.2, 0.25) is 0 Å². The van der Waals surface area contributed by atoms with Crippen LogP contribution in [-0.2, 0) is 8.27 Å². The molecule has 0 fully saturated rings. The van der Waals surface area contributed by atoms with Crippen LogP contribution in [0.4, 0.5) is 13.2 Å². The Hall–Kier alpha value is -2.58. The van der Waals surface area contributed by atoms with Crippen LogP contribution in [0.5, 0.6) is 5.75 Å². The molecule has 4 aromatic carbocycles. The standard InChI is InChI=1S/C22H14BrF3O3S/c1-13-6-9-17-15(12-13)7-10-18(29-22(24,25)26)20(17)21-16-5-3-2-4-14(16)8-11-19(21)30(23,27)28/h2-12H,1H3. The van der Waals surface area contributed by atoms with Gasteiger partial charge in [0, 0.05) is 11.1 Å². The summed E-state index contributed by atoms with van der Waals surface area (Å²) < 4.78 is 69.0. The maximum Gasteiger partial charge on any atom is 0.573 e. The fraction of sp³-hybridized carbons (Fsp3) is 0.0909. The summed E-state index contributed by atoms with van der Waals surface area (Å²) in [6, 6.07) is 17.9. The van der Waals surface area contributed by atoms with E-state index in [1.807, 2.05) is 13.0 Å². The Morgan fingerprint density at radius 2 is 1.50 bits per heavy atom. The number of rotatable bonds is 3. The van der Waals surface area contributed by atoms with Crippen molar-refractivity contribution in [3.8, 4) is 16.9 Å². The van der Waals surface area contributed by atoms with E-state index in [2.05, 4.69) is 19.5 Å². The quantitative estimate of drug-likeness (QED) is 0.289. The summed E-state index contributed by atoms with van der Waals surface area (Å²) in [7, 11) is -3.93. The van der Waals surface area contributed by atoms with Crippen molar-refractivity contribution in [1.29, 1.82) is 0 Å². The second-order valence-electron chi connectivity index (χ2n) is 6.81. The third-order valence-electron chi connectivity index (χ3n) is 4.77. The summed E-state index contributed by atoms with van der Waals surface area (Å²) in [4.78, 5) is -0.138. The lowest BCUT2D eigenvalue weighted by Gasteiger charge is -2.19. The first kappa shape index (κ1) is 20.7. The minimum Gasteiger partial charge on any atom is -0.405 e. The van der Waals surface area contributed by atoms with Crippen molar-refractivity contribution in [3.63, 3.8) is 0 Å². The summed E-state index contributed by atoms with van der Waals surface area (Å²) >= 11 is 2.69. The van der Waals surface area contributed by atoms with Gasteiger partial charge in [-0.2, -0.15) is 0 Å². The monoisotopic (exact) mass is 494 g/mol. The van der Waals surface area contributed by atoms with Crippen molar-refractivity contribution in [1.82, 2.24) is 0 Å². The predicted octanol–water partition coefficient (Wildman–Crippen LogP) is 6.95. The zero-order chi connectivity index (χ0) is 21.7. The van der Waals surface area contributed by atoms with Crippen molar-refractivity contribution >= 4 is 44.6 Å². The van der Waals surface area contributed by atoms with E-state index in [4.69, 9.17) is 0 Å². The molecule has 4 rings (SSSR count). The minimum atomic E-state index is -4.94. The molecule has 0 radical (unpaired) electrons. The Morgan fingerprint density at radius 1 is 0.833 bits per heavy atom. The highest BCUT2D eigenvalue weighted by atomic mass is 79.9. The molecule has 0 aliphatic rings. The summed E-state index contributed by atoms with van der Waals surface area (Å²) in [6.45, 7) is 1.87. The second-order valence-corrected chi connectivity index (χ2v) is 10.7. The van der Waals surface area contributed by atoms with Gasteiger partial charge < -0.3 is 4.74 Å². The first-order valence-electron chi connectivity index (χ1n) is 8.80. The molecule has 30 heavy (non-hydrogen) atoms. The summed E-state index contributed by atoms with van der Waals surface area (Å²) in [5.41, 5.74) is 1.14. The van der Waals surface area contributed by atoms with Crippen molar-refractivity contribution in [2.24, 2.45) is 0 Å². The Kier molecular flexibility index (Phi) is 5.02. The molecule has 0 unspecified atom stereocenters. The van der Waals surface area contributed by atoms with Crippen molar-refractivity contribution < 1.29 is 26.3 Å². The van der Waals surface area contributed by atoms with E-state index in [1.165, 1.54) is 18.2 Å². The average molecular weight is 495 g/mol. The SMILES string of the molecule is Cc1ccc2c(-c3c(S(=O)(=O)Br)ccc4ccccc34)c(OC(F)(F)F)ccc2c1. The fourth-order valence-electron chi connectivity index (χ4n) is 3.61. The van der Waals surface area contributed by atoms with Gasteiger partial charge >= 0.3 is 6.36 Å². The molecule has 3 nitrogen and oxygen atoms in total. The number of aryl methyl sites for hydroxylation is 1. The Balaban J connectivity index is 2.23. The number of hydrogen-bond acceptors (Lipinski definition) is 3. The van der Waals surface area contributed by atoms with Crippen LogP contribution < -0.4 is 4.74 Å². The summed E-state index contributed by atoms with van der Waals surface area (Å²) in [5, 5.41) is 2.31. The lowest BCUT2D eigenvalue weighted by molar-refractivity contribution is -0.274. The topological polar surface area (TPSA) is 43.4 Å². The van der Waals surface area contributed by atoms with Gasteiger partial charge in [-0.05, 0) is 40.6 Å². The van der Waals surface area contributed by atoms with E-state index in [0.29, 0.717) is 21.5 Å². The zero-order valence-electron chi connectivity index (χ0n) is 15.5. The van der Waals surface area contributed by atoms with E-state index in [9.17, 15) is 21.6 Å². The molecule has 154 valence electrons. The summed E-state index contributed by atoms with van der Waals surface area (Å²) in [6.07, 6.45) is -4.94. The van der Waals surface area contributed by atoms with Gasteiger partial charge in [-0.25, -0.2) is 8.42 Å². The van der Waals surface area contributed by atoms with Crippen LogP contribution >= 0.6 is 14.8 Å². The maximum absolute atomic E-state index is 13.2. The molecular formula is C22H14BrF3O3S. The number of alkyl halides is 3. The molecule has 0 bridgehead atoms. The molecule has 0 saturated heterocycles. The first-order chi connectivity index (χ1) is 14.0. The Labute approximate surface area is 178 Å². The largest absolute Gasteiger partial charge is 0.573 e. The van der Waals surface area contributed by atoms with Gasteiger partial charge in [0.05, 0.1) is 19.7 Å². The molecule has 0 atom stereocenters. The van der Waals surface area contributed by atoms with Gasteiger partial charge in [0.25, 0.3) is 0 Å². The molecule has 0 aromatic heterocycles. The van der Waals surface area contributed by atoms with Crippen molar-refractivity contribution in [2.75, 3.05) is 0 Å². The second kappa shape index (κ2) is 7.28.